The quantitative estimate of drug-likeness (QED) is 0.305. The van der Waals surface area contributed by atoms with E-state index in [1.807, 2.05) is 6.07 Å². The van der Waals surface area contributed by atoms with Gasteiger partial charge < -0.3 is 19.9 Å². The van der Waals surface area contributed by atoms with Crippen LogP contribution in [0, 0.1) is 5.92 Å². The van der Waals surface area contributed by atoms with Crippen molar-refractivity contribution < 1.29 is 31.1 Å². The van der Waals surface area contributed by atoms with Gasteiger partial charge in [0, 0.05) is 36.9 Å². The standard InChI is InChI=1S/C33H36F3N5O4S2/c34-33(35,36)25-15-37-32(39-29(25)27-14-28-30(46-27)31(42)41(23-4-5-23)11-12-47(28,43)44)38-26-6-3-22(13-24(26)21-1-2-21)20-7-9-40(10-8-20)16-19-17-45-18-19/h3,6,13-15,19-21,23H,1-2,4-5,7-12,16-18H2,(H,37,38,39). The second-order valence-electron chi connectivity index (χ2n) is 13.5. The Labute approximate surface area is 275 Å². The molecular formula is C33H36F3N5O4S2. The van der Waals surface area contributed by atoms with E-state index >= 15 is 0 Å². The van der Waals surface area contributed by atoms with Crippen LogP contribution in [0.1, 0.15) is 76.7 Å². The highest BCUT2D eigenvalue weighted by atomic mass is 32.2. The highest BCUT2D eigenvalue weighted by Gasteiger charge is 2.42. The lowest BCUT2D eigenvalue weighted by molar-refractivity contribution is -0.137. The summed E-state index contributed by atoms with van der Waals surface area (Å²) in [5, 5.41) is 3.18. The zero-order chi connectivity index (χ0) is 32.5. The van der Waals surface area contributed by atoms with E-state index in [0.717, 1.165) is 100 Å². The molecule has 0 spiro atoms. The molecule has 9 nitrogen and oxygen atoms in total. The molecule has 2 saturated carbocycles. The first-order valence-electron chi connectivity index (χ1n) is 16.4. The highest BCUT2D eigenvalue weighted by Crippen LogP contribution is 2.47. The van der Waals surface area contributed by atoms with Gasteiger partial charge in [0.15, 0.2) is 9.84 Å². The van der Waals surface area contributed by atoms with Gasteiger partial charge in [-0.05, 0) is 86.7 Å². The maximum absolute atomic E-state index is 14.3. The van der Waals surface area contributed by atoms with Gasteiger partial charge in [0.25, 0.3) is 5.91 Å². The zero-order valence-electron chi connectivity index (χ0n) is 25.8. The number of rotatable bonds is 8. The molecule has 4 fully saturated rings. The Balaban J connectivity index is 1.08. The summed E-state index contributed by atoms with van der Waals surface area (Å²) in [5.41, 5.74) is 1.62. The van der Waals surface area contributed by atoms with Gasteiger partial charge in [-0.25, -0.2) is 18.4 Å². The number of nitrogens with zero attached hydrogens (tertiary/aromatic N) is 4. The van der Waals surface area contributed by atoms with E-state index in [-0.39, 0.29) is 38.9 Å². The van der Waals surface area contributed by atoms with Crippen molar-refractivity contribution in [2.45, 2.75) is 67.5 Å². The summed E-state index contributed by atoms with van der Waals surface area (Å²) in [4.78, 5) is 25.5. The summed E-state index contributed by atoms with van der Waals surface area (Å²) >= 11 is 0.752. The van der Waals surface area contributed by atoms with Crippen LogP contribution in [0.2, 0.25) is 0 Å². The minimum absolute atomic E-state index is 0.0201. The molecule has 1 N–H and O–H groups in total. The third-order valence-electron chi connectivity index (χ3n) is 10.0. The molecule has 3 aromatic rings. The Bertz CT molecular complexity index is 1810. The smallest absolute Gasteiger partial charge is 0.381 e. The van der Waals surface area contributed by atoms with Crippen molar-refractivity contribution >= 4 is 38.7 Å². The second kappa shape index (κ2) is 11.8. The number of aromatic nitrogens is 2. The van der Waals surface area contributed by atoms with E-state index in [1.54, 1.807) is 4.90 Å². The number of amides is 1. The van der Waals surface area contributed by atoms with Gasteiger partial charge >= 0.3 is 6.18 Å². The first-order valence-corrected chi connectivity index (χ1v) is 18.8. The lowest BCUT2D eigenvalue weighted by Gasteiger charge is -2.37. The number of sulfone groups is 1. The van der Waals surface area contributed by atoms with Crippen LogP contribution in [-0.2, 0) is 20.8 Å². The second-order valence-corrected chi connectivity index (χ2v) is 16.7. The molecule has 1 amide bonds. The topological polar surface area (TPSA) is 105 Å². The summed E-state index contributed by atoms with van der Waals surface area (Å²) in [6.07, 6.45) is 1.77. The summed E-state index contributed by atoms with van der Waals surface area (Å²) in [6, 6.07) is 7.47. The van der Waals surface area contributed by atoms with Crippen LogP contribution in [0.3, 0.4) is 0 Å². The molecule has 8 rings (SSSR count). The third kappa shape index (κ3) is 6.29. The Morgan fingerprint density at radius 3 is 2.43 bits per heavy atom. The molecule has 0 atom stereocenters. The van der Waals surface area contributed by atoms with Crippen molar-refractivity contribution in [1.82, 2.24) is 19.8 Å². The Morgan fingerprint density at radius 1 is 1.00 bits per heavy atom. The van der Waals surface area contributed by atoms with E-state index in [0.29, 0.717) is 17.8 Å². The molecule has 2 aliphatic carbocycles. The summed E-state index contributed by atoms with van der Waals surface area (Å²) in [6.45, 7) is 5.00. The molecule has 2 saturated heterocycles. The van der Waals surface area contributed by atoms with E-state index in [9.17, 15) is 26.4 Å². The fourth-order valence-electron chi connectivity index (χ4n) is 7.01. The highest BCUT2D eigenvalue weighted by molar-refractivity contribution is 7.91. The molecule has 2 aromatic heterocycles. The number of likely N-dealkylation sites (tertiary alicyclic amines) is 1. The van der Waals surface area contributed by atoms with Crippen LogP contribution in [0.5, 0.6) is 0 Å². The van der Waals surface area contributed by atoms with Gasteiger partial charge in [0.05, 0.1) is 34.4 Å². The lowest BCUT2D eigenvalue weighted by Crippen LogP contribution is -2.42. The number of hydrogen-bond acceptors (Lipinski definition) is 9. The number of carbonyl (C=O) groups is 1. The molecule has 47 heavy (non-hydrogen) atoms. The number of carbonyl (C=O) groups excluding carboxylic acids is 1. The van der Waals surface area contributed by atoms with Crippen molar-refractivity contribution in [3.05, 3.63) is 52.0 Å². The molecule has 3 aliphatic heterocycles. The van der Waals surface area contributed by atoms with Crippen LogP contribution >= 0.6 is 11.3 Å². The van der Waals surface area contributed by atoms with Crippen LogP contribution < -0.4 is 5.32 Å². The molecule has 0 unspecified atom stereocenters. The Morgan fingerprint density at radius 2 is 1.77 bits per heavy atom. The van der Waals surface area contributed by atoms with E-state index in [4.69, 9.17) is 4.74 Å². The molecule has 250 valence electrons. The number of fused-ring (bicyclic) bond motifs is 1. The first kappa shape index (κ1) is 31.2. The lowest BCUT2D eigenvalue weighted by atomic mass is 9.87. The number of halogens is 3. The van der Waals surface area contributed by atoms with Crippen molar-refractivity contribution in [3.63, 3.8) is 0 Å². The number of hydrogen-bond donors (Lipinski definition) is 1. The average molecular weight is 688 g/mol. The summed E-state index contributed by atoms with van der Waals surface area (Å²) < 4.78 is 74.4. The fourth-order valence-corrected chi connectivity index (χ4v) is 9.93. The molecular weight excluding hydrogens is 652 g/mol. The van der Waals surface area contributed by atoms with Crippen molar-refractivity contribution in [2.75, 3.05) is 50.5 Å². The van der Waals surface area contributed by atoms with Gasteiger partial charge in [-0.15, -0.1) is 11.3 Å². The average Bonchev–Trinajstić information content (AvgIpc) is 3.97. The van der Waals surface area contributed by atoms with Gasteiger partial charge in [-0.3, -0.25) is 4.79 Å². The van der Waals surface area contributed by atoms with Crippen LogP contribution in [0.4, 0.5) is 24.8 Å². The molecule has 5 aliphatic rings. The number of nitrogens with one attached hydrogen (secondary N) is 1. The Hall–Kier alpha value is -3.07. The van der Waals surface area contributed by atoms with Crippen LogP contribution in [-0.4, -0.2) is 85.3 Å². The van der Waals surface area contributed by atoms with E-state index < -0.39 is 33.2 Å². The van der Waals surface area contributed by atoms with Crippen molar-refractivity contribution in [1.29, 1.82) is 0 Å². The molecule has 1 aromatic carbocycles. The van der Waals surface area contributed by atoms with Gasteiger partial charge in [0.1, 0.15) is 10.4 Å². The predicted octanol–water partition coefficient (Wildman–Crippen LogP) is 6.06. The van der Waals surface area contributed by atoms with Gasteiger partial charge in [-0.2, -0.15) is 13.2 Å². The number of piperidine rings is 1. The van der Waals surface area contributed by atoms with Crippen molar-refractivity contribution in [3.8, 4) is 10.6 Å². The minimum Gasteiger partial charge on any atom is -0.381 e. The third-order valence-corrected chi connectivity index (χ3v) is 13.0. The van der Waals surface area contributed by atoms with Gasteiger partial charge in [0.2, 0.25) is 5.95 Å². The number of thiophene rings is 1. The van der Waals surface area contributed by atoms with Crippen molar-refractivity contribution in [2.24, 2.45) is 5.92 Å². The Kier molecular flexibility index (Phi) is 7.85. The number of alkyl halides is 3. The monoisotopic (exact) mass is 687 g/mol. The maximum atomic E-state index is 14.3. The molecule has 0 radical (unpaired) electrons. The first-order chi connectivity index (χ1) is 22.5. The van der Waals surface area contributed by atoms with Crippen LogP contribution in [0.25, 0.3) is 10.6 Å². The predicted molar refractivity (Wildman–Crippen MR) is 171 cm³/mol. The maximum Gasteiger partial charge on any atom is 0.420 e. The number of ether oxygens (including phenoxy) is 1. The number of benzene rings is 1. The van der Waals surface area contributed by atoms with E-state index in [2.05, 4.69) is 32.3 Å². The minimum atomic E-state index is -4.79. The zero-order valence-corrected chi connectivity index (χ0v) is 27.4. The fraction of sp³-hybridized carbons (Fsp3) is 0.545. The van der Waals surface area contributed by atoms with Crippen LogP contribution in [0.15, 0.2) is 35.4 Å². The van der Waals surface area contributed by atoms with Gasteiger partial charge in [-0.1, -0.05) is 12.1 Å². The molecule has 0 bridgehead atoms. The summed E-state index contributed by atoms with van der Waals surface area (Å²) in [7, 11) is -3.87. The molecule has 14 heteroatoms. The SMILES string of the molecule is O=C1c2sc(-c3nc(Nc4ccc(C5CCN(CC6COC6)CC5)cc4C4CC4)ncc3C(F)(F)F)cc2S(=O)(=O)CCN1C1CC1. The molecule has 5 heterocycles. The number of anilines is 2. The summed E-state index contributed by atoms with van der Waals surface area (Å²) in [5.74, 6) is 0.726. The largest absolute Gasteiger partial charge is 0.420 e. The van der Waals surface area contributed by atoms with E-state index in [1.165, 1.54) is 11.6 Å². The normalized spacial score (nSPS) is 22.5.